The Morgan fingerprint density at radius 3 is 2.62 bits per heavy atom. The lowest BCUT2D eigenvalue weighted by Crippen LogP contribution is -2.24. The summed E-state index contributed by atoms with van der Waals surface area (Å²) in [7, 11) is 0. The van der Waals surface area contributed by atoms with Gasteiger partial charge in [0, 0.05) is 6.07 Å². The van der Waals surface area contributed by atoms with E-state index in [4.69, 9.17) is 0 Å². The van der Waals surface area contributed by atoms with Gasteiger partial charge < -0.3 is 0 Å². The van der Waals surface area contributed by atoms with Gasteiger partial charge in [-0.15, -0.1) is 0 Å². The number of para-hydroxylation sites is 3. The Morgan fingerprint density at radius 1 is 1.12 bits per heavy atom. The number of rotatable bonds is 7. The van der Waals surface area contributed by atoms with Gasteiger partial charge in [0.25, 0.3) is 17.2 Å². The van der Waals surface area contributed by atoms with Gasteiger partial charge in [0.2, 0.25) is 0 Å². The van der Waals surface area contributed by atoms with Gasteiger partial charge in [-0.05, 0) is 36.8 Å². The number of carbonyl (C=O) groups is 1. The van der Waals surface area contributed by atoms with Gasteiger partial charge in [-0.25, -0.2) is 10.4 Å². The Labute approximate surface area is 198 Å². The zero-order chi connectivity index (χ0) is 24.1. The van der Waals surface area contributed by atoms with E-state index in [1.54, 1.807) is 36.4 Å². The van der Waals surface area contributed by atoms with E-state index < -0.39 is 10.8 Å². The summed E-state index contributed by atoms with van der Waals surface area (Å²) in [6.45, 7) is 1.90. The van der Waals surface area contributed by atoms with Crippen molar-refractivity contribution >= 4 is 40.5 Å². The van der Waals surface area contributed by atoms with E-state index in [2.05, 4.69) is 15.5 Å². The fraction of sp³-hybridized carbons (Fsp3) is 0.0833. The van der Waals surface area contributed by atoms with Crippen molar-refractivity contribution in [2.45, 2.75) is 12.1 Å². The first-order valence-electron chi connectivity index (χ1n) is 10.2. The summed E-state index contributed by atoms with van der Waals surface area (Å²) in [5.74, 6) is -0.510. The third-order valence-electron chi connectivity index (χ3n) is 4.96. The van der Waals surface area contributed by atoms with Gasteiger partial charge in [-0.3, -0.25) is 24.3 Å². The number of fused-ring (bicyclic) bond motifs is 1. The molecule has 0 aliphatic heterocycles. The molecule has 34 heavy (non-hydrogen) atoms. The van der Waals surface area contributed by atoms with Gasteiger partial charge in [0.05, 0.1) is 39.0 Å². The normalized spacial score (nSPS) is 11.1. The molecule has 1 amide bonds. The second kappa shape index (κ2) is 10.1. The highest BCUT2D eigenvalue weighted by Crippen LogP contribution is 2.23. The Bertz CT molecular complexity index is 1480. The number of thioether (sulfide) groups is 1. The number of nitro groups is 1. The molecule has 4 rings (SSSR count). The lowest BCUT2D eigenvalue weighted by atomic mass is 10.2. The Morgan fingerprint density at radius 2 is 1.82 bits per heavy atom. The topological polar surface area (TPSA) is 119 Å². The molecule has 10 heteroatoms. The van der Waals surface area contributed by atoms with Gasteiger partial charge >= 0.3 is 0 Å². The van der Waals surface area contributed by atoms with Crippen molar-refractivity contribution in [3.05, 3.63) is 104 Å². The second-order valence-corrected chi connectivity index (χ2v) is 8.18. The van der Waals surface area contributed by atoms with Gasteiger partial charge in [0.15, 0.2) is 5.16 Å². The number of carbonyl (C=O) groups excluding carboxylic acids is 1. The molecule has 1 heterocycles. The van der Waals surface area contributed by atoms with E-state index in [0.29, 0.717) is 21.7 Å². The number of nitrogens with zero attached hydrogens (tertiary/aromatic N) is 4. The SMILES string of the molecule is Cc1ccccc1-n1c(SCC(=O)N/N=C\c2ccccc2[N+](=O)[O-])nc2ccccc2c1=O. The maximum atomic E-state index is 13.3. The van der Waals surface area contributed by atoms with E-state index in [0.717, 1.165) is 17.3 Å². The molecule has 4 aromatic rings. The minimum atomic E-state index is -0.519. The summed E-state index contributed by atoms with van der Waals surface area (Å²) >= 11 is 1.10. The number of hydrogen-bond acceptors (Lipinski definition) is 7. The third-order valence-corrected chi connectivity index (χ3v) is 5.90. The van der Waals surface area contributed by atoms with Crippen LogP contribution in [0.2, 0.25) is 0 Å². The first-order valence-corrected chi connectivity index (χ1v) is 11.2. The van der Waals surface area contributed by atoms with E-state index in [1.807, 2.05) is 31.2 Å². The van der Waals surface area contributed by atoms with Crippen molar-refractivity contribution in [1.29, 1.82) is 0 Å². The predicted molar refractivity (Wildman–Crippen MR) is 132 cm³/mol. The van der Waals surface area contributed by atoms with Crippen molar-refractivity contribution in [2.24, 2.45) is 5.10 Å². The van der Waals surface area contributed by atoms with Crippen LogP contribution >= 0.6 is 11.8 Å². The average Bonchev–Trinajstić information content (AvgIpc) is 2.84. The van der Waals surface area contributed by atoms with Crippen molar-refractivity contribution in [2.75, 3.05) is 5.75 Å². The molecule has 170 valence electrons. The minimum Gasteiger partial charge on any atom is -0.272 e. The summed E-state index contributed by atoms with van der Waals surface area (Å²) in [5.41, 5.74) is 4.40. The van der Waals surface area contributed by atoms with E-state index in [9.17, 15) is 19.7 Å². The first kappa shape index (κ1) is 22.9. The van der Waals surface area contributed by atoms with Crippen molar-refractivity contribution in [3.8, 4) is 5.69 Å². The van der Waals surface area contributed by atoms with Crippen LogP contribution < -0.4 is 11.0 Å². The van der Waals surface area contributed by atoms with Crippen LogP contribution in [0.3, 0.4) is 0 Å². The van der Waals surface area contributed by atoms with Gasteiger partial charge in [0.1, 0.15) is 0 Å². The second-order valence-electron chi connectivity index (χ2n) is 7.24. The quantitative estimate of drug-likeness (QED) is 0.143. The molecule has 1 aromatic heterocycles. The first-order chi connectivity index (χ1) is 16.5. The fourth-order valence-corrected chi connectivity index (χ4v) is 4.13. The molecule has 3 aromatic carbocycles. The number of amides is 1. The van der Waals surface area contributed by atoms with Crippen LogP contribution in [0.5, 0.6) is 0 Å². The van der Waals surface area contributed by atoms with Gasteiger partial charge in [-0.1, -0.05) is 54.2 Å². The highest BCUT2D eigenvalue weighted by Gasteiger charge is 2.16. The zero-order valence-corrected chi connectivity index (χ0v) is 18.9. The number of hydrogen-bond donors (Lipinski definition) is 1. The molecule has 0 aliphatic carbocycles. The third kappa shape index (κ3) is 4.86. The van der Waals surface area contributed by atoms with Gasteiger partial charge in [-0.2, -0.15) is 5.10 Å². The molecular weight excluding hydrogens is 454 g/mol. The molecule has 0 aliphatic rings. The standard InChI is InChI=1S/C24H19N5O4S/c1-16-8-2-6-12-20(16)28-23(31)18-10-4-5-11-19(18)26-24(28)34-15-22(30)27-25-14-17-9-3-7-13-21(17)29(32)33/h2-14H,15H2,1H3,(H,27,30)/b25-14-. The number of hydrazone groups is 1. The summed E-state index contributed by atoms with van der Waals surface area (Å²) in [6, 6.07) is 20.6. The molecule has 0 unspecified atom stereocenters. The molecule has 0 bridgehead atoms. The highest BCUT2D eigenvalue weighted by atomic mass is 32.2. The van der Waals surface area contributed by atoms with Crippen LogP contribution in [0, 0.1) is 17.0 Å². The monoisotopic (exact) mass is 473 g/mol. The number of benzene rings is 3. The number of nitrogens with one attached hydrogen (secondary N) is 1. The maximum Gasteiger partial charge on any atom is 0.278 e. The summed E-state index contributed by atoms with van der Waals surface area (Å²) < 4.78 is 1.51. The summed E-state index contributed by atoms with van der Waals surface area (Å²) in [6.07, 6.45) is 1.22. The molecule has 0 saturated carbocycles. The molecular formula is C24H19N5O4S. The van der Waals surface area contributed by atoms with Crippen molar-refractivity contribution < 1.29 is 9.72 Å². The highest BCUT2D eigenvalue weighted by molar-refractivity contribution is 7.99. The van der Waals surface area contributed by atoms with Crippen molar-refractivity contribution in [1.82, 2.24) is 15.0 Å². The molecule has 0 saturated heterocycles. The summed E-state index contributed by atoms with van der Waals surface area (Å²) in [4.78, 5) is 40.9. The molecule has 0 atom stereocenters. The Hall–Kier alpha value is -4.31. The molecule has 9 nitrogen and oxygen atoms in total. The minimum absolute atomic E-state index is 0.0646. The van der Waals surface area contributed by atoms with E-state index in [-0.39, 0.29) is 22.6 Å². The lowest BCUT2D eigenvalue weighted by Gasteiger charge is -2.14. The predicted octanol–water partition coefficient (Wildman–Crippen LogP) is 3.84. The van der Waals surface area contributed by atoms with Crippen LogP contribution in [0.1, 0.15) is 11.1 Å². The zero-order valence-electron chi connectivity index (χ0n) is 18.0. The molecule has 0 radical (unpaired) electrons. The molecule has 1 N–H and O–H groups in total. The molecule has 0 spiro atoms. The molecule has 0 fully saturated rings. The number of aryl methyl sites for hydroxylation is 1. The Kier molecular flexibility index (Phi) is 6.79. The Balaban J connectivity index is 1.57. The van der Waals surface area contributed by atoms with Crippen LogP contribution in [0.4, 0.5) is 5.69 Å². The van der Waals surface area contributed by atoms with E-state index in [1.165, 1.54) is 22.9 Å². The van der Waals surface area contributed by atoms with E-state index >= 15 is 0 Å². The van der Waals surface area contributed by atoms with Crippen LogP contribution in [-0.4, -0.2) is 32.3 Å². The van der Waals surface area contributed by atoms with Crippen LogP contribution in [0.25, 0.3) is 16.6 Å². The summed E-state index contributed by atoms with van der Waals surface area (Å²) in [5, 5.41) is 15.8. The van der Waals surface area contributed by atoms with Crippen molar-refractivity contribution in [3.63, 3.8) is 0 Å². The number of aromatic nitrogens is 2. The fourth-order valence-electron chi connectivity index (χ4n) is 3.34. The number of nitro benzene ring substituents is 1. The van der Waals surface area contributed by atoms with Crippen LogP contribution in [0.15, 0.2) is 87.8 Å². The smallest absolute Gasteiger partial charge is 0.272 e. The van der Waals surface area contributed by atoms with Crippen LogP contribution in [-0.2, 0) is 4.79 Å². The maximum absolute atomic E-state index is 13.3. The average molecular weight is 474 g/mol. The largest absolute Gasteiger partial charge is 0.278 e. The lowest BCUT2D eigenvalue weighted by molar-refractivity contribution is -0.385.